The van der Waals surface area contributed by atoms with E-state index in [9.17, 15) is 0 Å². The summed E-state index contributed by atoms with van der Waals surface area (Å²) in [5.41, 5.74) is 1.05. The van der Waals surface area contributed by atoms with Gasteiger partial charge in [0.2, 0.25) is 0 Å². The minimum atomic E-state index is -0.667. The van der Waals surface area contributed by atoms with Gasteiger partial charge in [-0.05, 0) is 26.0 Å². The van der Waals surface area contributed by atoms with Gasteiger partial charge < -0.3 is 9.47 Å². The molecule has 94 valence electrons. The first-order valence-corrected chi connectivity index (χ1v) is 6.29. The fourth-order valence-corrected chi connectivity index (χ4v) is 2.00. The van der Waals surface area contributed by atoms with Gasteiger partial charge in [-0.1, -0.05) is 37.6 Å². The Morgan fingerprint density at radius 2 is 1.76 bits per heavy atom. The molecule has 2 atom stereocenters. The molecule has 1 aromatic rings. The lowest BCUT2D eigenvalue weighted by molar-refractivity contribution is -0.325. The van der Waals surface area contributed by atoms with E-state index in [4.69, 9.17) is 21.1 Å². The summed E-state index contributed by atoms with van der Waals surface area (Å²) < 4.78 is 12.0. The van der Waals surface area contributed by atoms with Crippen molar-refractivity contribution in [2.24, 2.45) is 5.41 Å². The second-order valence-corrected chi connectivity index (χ2v) is 5.93. The Morgan fingerprint density at radius 3 is 2.29 bits per heavy atom. The molecule has 0 radical (unpaired) electrons. The summed E-state index contributed by atoms with van der Waals surface area (Å²) in [6.07, 6.45) is 0.150. The minimum Gasteiger partial charge on any atom is -0.345 e. The molecule has 0 aliphatic carbocycles. The maximum absolute atomic E-state index is 6.05. The van der Waals surface area contributed by atoms with Gasteiger partial charge in [-0.3, -0.25) is 0 Å². The van der Waals surface area contributed by atoms with Crippen molar-refractivity contribution in [2.75, 3.05) is 6.61 Å². The standard InChI is InChI=1S/C14H19ClO2/c1-10-13(2,3)9-16-14(4,17-10)11-5-7-12(15)8-6-11/h5-8,10H,9H2,1-4H3/t10-,14-/m1/s1. The number of halogens is 1. The summed E-state index contributed by atoms with van der Waals surface area (Å²) in [6, 6.07) is 7.62. The van der Waals surface area contributed by atoms with Crippen molar-refractivity contribution in [3.05, 3.63) is 34.9 Å². The molecule has 0 spiro atoms. The van der Waals surface area contributed by atoms with Gasteiger partial charge in [-0.2, -0.15) is 0 Å². The normalized spacial score (nSPS) is 32.4. The van der Waals surface area contributed by atoms with Crippen LogP contribution in [0.1, 0.15) is 33.3 Å². The lowest BCUT2D eigenvalue weighted by Gasteiger charge is -2.46. The first-order valence-electron chi connectivity index (χ1n) is 5.91. The fraction of sp³-hybridized carbons (Fsp3) is 0.571. The second kappa shape index (κ2) is 4.27. The molecule has 0 unspecified atom stereocenters. The van der Waals surface area contributed by atoms with E-state index in [1.165, 1.54) is 0 Å². The van der Waals surface area contributed by atoms with E-state index in [1.807, 2.05) is 31.2 Å². The number of hydrogen-bond acceptors (Lipinski definition) is 2. The summed E-state index contributed by atoms with van der Waals surface area (Å²) in [7, 11) is 0. The largest absolute Gasteiger partial charge is 0.345 e. The molecule has 2 nitrogen and oxygen atoms in total. The van der Waals surface area contributed by atoms with Crippen LogP contribution in [0.5, 0.6) is 0 Å². The van der Waals surface area contributed by atoms with Crippen molar-refractivity contribution >= 4 is 11.6 Å². The van der Waals surface area contributed by atoms with Gasteiger partial charge in [0.15, 0.2) is 5.79 Å². The Hall–Kier alpha value is -0.570. The quantitative estimate of drug-likeness (QED) is 0.755. The Kier molecular flexibility index (Phi) is 3.23. The molecule has 0 N–H and O–H groups in total. The highest BCUT2D eigenvalue weighted by molar-refractivity contribution is 6.30. The third-order valence-corrected chi connectivity index (χ3v) is 3.84. The van der Waals surface area contributed by atoms with Crippen LogP contribution >= 0.6 is 11.6 Å². The summed E-state index contributed by atoms with van der Waals surface area (Å²) in [4.78, 5) is 0. The minimum absolute atomic E-state index is 0.0476. The molecule has 0 saturated carbocycles. The Morgan fingerprint density at radius 1 is 1.18 bits per heavy atom. The van der Waals surface area contributed by atoms with Gasteiger partial charge in [-0.15, -0.1) is 0 Å². The van der Waals surface area contributed by atoms with Gasteiger partial charge >= 0.3 is 0 Å². The lowest BCUT2D eigenvalue weighted by Crippen LogP contribution is -2.48. The zero-order valence-corrected chi connectivity index (χ0v) is 11.5. The van der Waals surface area contributed by atoms with Gasteiger partial charge in [0.05, 0.1) is 12.7 Å². The molecule has 2 rings (SSSR count). The molecule has 0 bridgehead atoms. The van der Waals surface area contributed by atoms with Crippen LogP contribution in [0.4, 0.5) is 0 Å². The van der Waals surface area contributed by atoms with Crippen molar-refractivity contribution in [3.8, 4) is 0 Å². The number of ether oxygens (including phenoxy) is 2. The van der Waals surface area contributed by atoms with Gasteiger partial charge in [0.1, 0.15) is 0 Å². The maximum atomic E-state index is 6.05. The highest BCUT2D eigenvalue weighted by atomic mass is 35.5. The Balaban J connectivity index is 2.24. The molecule has 3 heteroatoms. The van der Waals surface area contributed by atoms with Crippen LogP contribution in [0.3, 0.4) is 0 Å². The average molecular weight is 255 g/mol. The molecule has 1 aliphatic heterocycles. The van der Waals surface area contributed by atoms with Crippen molar-refractivity contribution in [3.63, 3.8) is 0 Å². The molecule has 0 aromatic heterocycles. The van der Waals surface area contributed by atoms with Crippen LogP contribution in [0.2, 0.25) is 5.02 Å². The van der Waals surface area contributed by atoms with Crippen molar-refractivity contribution in [2.45, 2.75) is 39.6 Å². The van der Waals surface area contributed by atoms with Crippen LogP contribution in [0.25, 0.3) is 0 Å². The van der Waals surface area contributed by atoms with Gasteiger partial charge in [0, 0.05) is 16.0 Å². The van der Waals surface area contributed by atoms with E-state index in [-0.39, 0.29) is 11.5 Å². The van der Waals surface area contributed by atoms with Crippen LogP contribution in [0.15, 0.2) is 24.3 Å². The maximum Gasteiger partial charge on any atom is 0.192 e. The molecular formula is C14H19ClO2. The highest BCUT2D eigenvalue weighted by Crippen LogP contribution is 2.40. The Bertz CT molecular complexity index is 399. The zero-order chi connectivity index (χ0) is 12.7. The average Bonchev–Trinajstić information content (AvgIpc) is 2.26. The first-order chi connectivity index (χ1) is 7.83. The molecule has 1 aromatic carbocycles. The van der Waals surface area contributed by atoms with E-state index in [2.05, 4.69) is 20.8 Å². The Labute approximate surface area is 108 Å². The highest BCUT2D eigenvalue weighted by Gasteiger charge is 2.42. The lowest BCUT2D eigenvalue weighted by atomic mass is 9.86. The van der Waals surface area contributed by atoms with Crippen LogP contribution < -0.4 is 0 Å². The summed E-state index contributed by atoms with van der Waals surface area (Å²) in [5.74, 6) is -0.667. The predicted octanol–water partition coefficient (Wildman–Crippen LogP) is 3.97. The molecule has 1 heterocycles. The van der Waals surface area contributed by atoms with E-state index >= 15 is 0 Å². The zero-order valence-electron chi connectivity index (χ0n) is 10.8. The fourth-order valence-electron chi connectivity index (χ4n) is 1.88. The smallest absolute Gasteiger partial charge is 0.192 e. The van der Waals surface area contributed by atoms with E-state index in [0.717, 1.165) is 10.6 Å². The summed E-state index contributed by atoms with van der Waals surface area (Å²) in [5, 5.41) is 0.724. The molecule has 1 fully saturated rings. The monoisotopic (exact) mass is 254 g/mol. The van der Waals surface area contributed by atoms with E-state index in [1.54, 1.807) is 0 Å². The third-order valence-electron chi connectivity index (χ3n) is 3.59. The van der Waals surface area contributed by atoms with E-state index < -0.39 is 5.79 Å². The third kappa shape index (κ3) is 2.49. The summed E-state index contributed by atoms with van der Waals surface area (Å²) in [6.45, 7) is 9.05. The van der Waals surface area contributed by atoms with Gasteiger partial charge in [0.25, 0.3) is 0 Å². The SMILES string of the molecule is C[C@H]1O[C@](C)(c2ccc(Cl)cc2)OCC1(C)C. The molecular weight excluding hydrogens is 236 g/mol. The molecule has 1 saturated heterocycles. The van der Waals surface area contributed by atoms with Crippen molar-refractivity contribution < 1.29 is 9.47 Å². The number of benzene rings is 1. The topological polar surface area (TPSA) is 18.5 Å². The van der Waals surface area contributed by atoms with E-state index in [0.29, 0.717) is 6.61 Å². The predicted molar refractivity (Wildman–Crippen MR) is 69.1 cm³/mol. The van der Waals surface area contributed by atoms with Gasteiger partial charge in [-0.25, -0.2) is 0 Å². The van der Waals surface area contributed by atoms with Crippen molar-refractivity contribution in [1.82, 2.24) is 0 Å². The first kappa shape index (κ1) is 12.9. The number of rotatable bonds is 1. The summed E-state index contributed by atoms with van der Waals surface area (Å²) >= 11 is 5.89. The molecule has 0 amide bonds. The van der Waals surface area contributed by atoms with Crippen molar-refractivity contribution in [1.29, 1.82) is 0 Å². The second-order valence-electron chi connectivity index (χ2n) is 5.49. The molecule has 1 aliphatic rings. The van der Waals surface area contributed by atoms with Crippen LogP contribution in [-0.4, -0.2) is 12.7 Å². The van der Waals surface area contributed by atoms with Crippen LogP contribution in [-0.2, 0) is 15.3 Å². The van der Waals surface area contributed by atoms with Crippen LogP contribution in [0, 0.1) is 5.41 Å². The number of hydrogen-bond donors (Lipinski definition) is 0. The molecule has 17 heavy (non-hydrogen) atoms.